The molecule has 1 aliphatic rings. The molecule has 98 valence electrons. The molecule has 2 aromatic rings. The molecule has 1 aromatic carbocycles. The maximum atomic E-state index is 4.69. The van der Waals surface area contributed by atoms with Gasteiger partial charge >= 0.3 is 0 Å². The van der Waals surface area contributed by atoms with Crippen LogP contribution in [0.25, 0.3) is 0 Å². The van der Waals surface area contributed by atoms with E-state index in [2.05, 4.69) is 62.0 Å². The van der Waals surface area contributed by atoms with E-state index in [9.17, 15) is 0 Å². The molecule has 4 heteroatoms. The Bertz CT molecular complexity index is 598. The summed E-state index contributed by atoms with van der Waals surface area (Å²) in [6.07, 6.45) is 3.06. The third kappa shape index (κ3) is 2.50. The van der Waals surface area contributed by atoms with E-state index in [-0.39, 0.29) is 0 Å². The Hall–Kier alpha value is -1.42. The highest BCUT2D eigenvalue weighted by molar-refractivity contribution is 9.10. The SMILES string of the molecule is CCCc1nc(Br)cc(N2CCc3ccccc32)n1. The fourth-order valence-corrected chi connectivity index (χ4v) is 2.91. The first kappa shape index (κ1) is 12.6. The molecule has 3 nitrogen and oxygen atoms in total. The van der Waals surface area contributed by atoms with Crippen molar-refractivity contribution >= 4 is 27.4 Å². The quantitative estimate of drug-likeness (QED) is 0.804. The predicted octanol–water partition coefficient (Wildman–Crippen LogP) is 3.89. The number of benzene rings is 1. The minimum atomic E-state index is 0.866. The van der Waals surface area contributed by atoms with Gasteiger partial charge in [0.15, 0.2) is 0 Å². The maximum Gasteiger partial charge on any atom is 0.137 e. The molecule has 0 aliphatic carbocycles. The van der Waals surface area contributed by atoms with Crippen molar-refractivity contribution in [1.82, 2.24) is 9.97 Å². The Morgan fingerprint density at radius 2 is 2.11 bits per heavy atom. The van der Waals surface area contributed by atoms with Crippen molar-refractivity contribution in [1.29, 1.82) is 0 Å². The van der Waals surface area contributed by atoms with E-state index < -0.39 is 0 Å². The van der Waals surface area contributed by atoms with Gasteiger partial charge in [0, 0.05) is 24.7 Å². The Labute approximate surface area is 121 Å². The van der Waals surface area contributed by atoms with Crippen molar-refractivity contribution in [3.63, 3.8) is 0 Å². The lowest BCUT2D eigenvalue weighted by Gasteiger charge is -2.19. The Kier molecular flexibility index (Phi) is 3.51. The van der Waals surface area contributed by atoms with E-state index in [0.717, 1.165) is 42.1 Å². The van der Waals surface area contributed by atoms with Gasteiger partial charge < -0.3 is 4.90 Å². The third-order valence-corrected chi connectivity index (χ3v) is 3.77. The molecule has 1 aromatic heterocycles. The number of anilines is 2. The second-order valence-electron chi connectivity index (χ2n) is 4.75. The van der Waals surface area contributed by atoms with Crippen LogP contribution in [0.3, 0.4) is 0 Å². The van der Waals surface area contributed by atoms with E-state index in [1.807, 2.05) is 6.07 Å². The first-order valence-electron chi connectivity index (χ1n) is 6.67. The monoisotopic (exact) mass is 317 g/mol. The summed E-state index contributed by atoms with van der Waals surface area (Å²) in [5.41, 5.74) is 2.67. The minimum absolute atomic E-state index is 0.866. The van der Waals surface area contributed by atoms with Gasteiger partial charge in [0.05, 0.1) is 0 Å². The number of aromatic nitrogens is 2. The number of aryl methyl sites for hydroxylation is 1. The van der Waals surface area contributed by atoms with Crippen LogP contribution in [-0.2, 0) is 12.8 Å². The molecule has 1 aliphatic heterocycles. The molecule has 19 heavy (non-hydrogen) atoms. The maximum absolute atomic E-state index is 4.69. The molecule has 0 saturated heterocycles. The summed E-state index contributed by atoms with van der Waals surface area (Å²) in [4.78, 5) is 11.4. The molecule has 0 saturated carbocycles. The van der Waals surface area contributed by atoms with E-state index >= 15 is 0 Å². The van der Waals surface area contributed by atoms with E-state index in [4.69, 9.17) is 0 Å². The van der Waals surface area contributed by atoms with Gasteiger partial charge in [0.25, 0.3) is 0 Å². The molecule has 0 spiro atoms. The van der Waals surface area contributed by atoms with Crippen molar-refractivity contribution in [3.05, 3.63) is 46.3 Å². The van der Waals surface area contributed by atoms with Crippen LogP contribution in [0.1, 0.15) is 24.7 Å². The van der Waals surface area contributed by atoms with E-state index in [1.54, 1.807) is 0 Å². The average molecular weight is 318 g/mol. The molecule has 0 fully saturated rings. The first-order valence-corrected chi connectivity index (χ1v) is 7.46. The van der Waals surface area contributed by atoms with Crippen molar-refractivity contribution in [2.45, 2.75) is 26.2 Å². The molecule has 0 bridgehead atoms. The molecule has 0 unspecified atom stereocenters. The minimum Gasteiger partial charge on any atom is -0.326 e. The largest absolute Gasteiger partial charge is 0.326 e. The van der Waals surface area contributed by atoms with Gasteiger partial charge in [0.1, 0.15) is 16.2 Å². The predicted molar refractivity (Wildman–Crippen MR) is 80.9 cm³/mol. The summed E-state index contributed by atoms with van der Waals surface area (Å²) in [6, 6.07) is 10.5. The zero-order valence-electron chi connectivity index (χ0n) is 10.9. The van der Waals surface area contributed by atoms with Crippen LogP contribution in [-0.4, -0.2) is 16.5 Å². The molecule has 0 N–H and O–H groups in total. The normalized spacial score (nSPS) is 13.7. The number of halogens is 1. The topological polar surface area (TPSA) is 29.0 Å². The highest BCUT2D eigenvalue weighted by Gasteiger charge is 2.21. The fourth-order valence-electron chi connectivity index (χ4n) is 2.50. The van der Waals surface area contributed by atoms with Gasteiger partial charge in [0.2, 0.25) is 0 Å². The first-order chi connectivity index (χ1) is 9.28. The molecule has 0 radical (unpaired) electrons. The molecular formula is C15H16BrN3. The van der Waals surface area contributed by atoms with Gasteiger partial charge in [-0.2, -0.15) is 0 Å². The fraction of sp³-hybridized carbons (Fsp3) is 0.333. The highest BCUT2D eigenvalue weighted by Crippen LogP contribution is 2.33. The van der Waals surface area contributed by atoms with Crippen molar-refractivity contribution < 1.29 is 0 Å². The van der Waals surface area contributed by atoms with Crippen LogP contribution in [0.2, 0.25) is 0 Å². The van der Waals surface area contributed by atoms with Crippen LogP contribution >= 0.6 is 15.9 Å². The van der Waals surface area contributed by atoms with Gasteiger partial charge in [-0.1, -0.05) is 25.1 Å². The summed E-state index contributed by atoms with van der Waals surface area (Å²) in [6.45, 7) is 3.14. The number of nitrogens with zero attached hydrogens (tertiary/aromatic N) is 3. The van der Waals surface area contributed by atoms with Crippen LogP contribution in [0.5, 0.6) is 0 Å². The Morgan fingerprint density at radius 1 is 1.26 bits per heavy atom. The summed E-state index contributed by atoms with van der Waals surface area (Å²) >= 11 is 3.49. The van der Waals surface area contributed by atoms with Crippen molar-refractivity contribution in [2.75, 3.05) is 11.4 Å². The van der Waals surface area contributed by atoms with Gasteiger partial charge in [-0.05, 0) is 40.4 Å². The Balaban J connectivity index is 1.99. The van der Waals surface area contributed by atoms with Crippen LogP contribution in [0.4, 0.5) is 11.5 Å². The van der Waals surface area contributed by atoms with E-state index in [0.29, 0.717) is 0 Å². The summed E-state index contributed by atoms with van der Waals surface area (Å²) < 4.78 is 0.866. The van der Waals surface area contributed by atoms with Crippen molar-refractivity contribution in [3.8, 4) is 0 Å². The number of rotatable bonds is 3. The summed E-state index contributed by atoms with van der Waals surface area (Å²) in [7, 11) is 0. The molecule has 2 heterocycles. The van der Waals surface area contributed by atoms with Gasteiger partial charge in [-0.3, -0.25) is 0 Å². The average Bonchev–Trinajstić information content (AvgIpc) is 2.82. The second kappa shape index (κ2) is 5.29. The number of hydrogen-bond acceptors (Lipinski definition) is 3. The number of hydrogen-bond donors (Lipinski definition) is 0. The smallest absolute Gasteiger partial charge is 0.137 e. The lowest BCUT2D eigenvalue weighted by molar-refractivity contribution is 0.820. The lowest BCUT2D eigenvalue weighted by atomic mass is 10.2. The molecular weight excluding hydrogens is 302 g/mol. The standard InChI is InChI=1S/C15H16BrN3/c1-2-5-14-17-13(16)10-15(18-14)19-9-8-11-6-3-4-7-12(11)19/h3-4,6-7,10H,2,5,8-9H2,1H3. The number of fused-ring (bicyclic) bond motifs is 1. The molecule has 3 rings (SSSR count). The third-order valence-electron chi connectivity index (χ3n) is 3.36. The van der Waals surface area contributed by atoms with Crippen molar-refractivity contribution in [2.24, 2.45) is 0 Å². The summed E-state index contributed by atoms with van der Waals surface area (Å²) in [5, 5.41) is 0. The van der Waals surface area contributed by atoms with Crippen LogP contribution in [0.15, 0.2) is 34.9 Å². The van der Waals surface area contributed by atoms with Crippen LogP contribution in [0, 0.1) is 0 Å². The zero-order chi connectivity index (χ0) is 13.2. The van der Waals surface area contributed by atoms with Gasteiger partial charge in [-0.15, -0.1) is 0 Å². The van der Waals surface area contributed by atoms with E-state index in [1.165, 1.54) is 11.3 Å². The molecule has 0 amide bonds. The highest BCUT2D eigenvalue weighted by atomic mass is 79.9. The molecule has 0 atom stereocenters. The number of para-hydroxylation sites is 1. The zero-order valence-corrected chi connectivity index (χ0v) is 12.5. The van der Waals surface area contributed by atoms with Gasteiger partial charge in [-0.25, -0.2) is 9.97 Å². The van der Waals surface area contributed by atoms with Crippen LogP contribution < -0.4 is 4.90 Å². The lowest BCUT2D eigenvalue weighted by Crippen LogP contribution is -2.16. The summed E-state index contributed by atoms with van der Waals surface area (Å²) in [5.74, 6) is 1.91. The second-order valence-corrected chi connectivity index (χ2v) is 5.56. The Morgan fingerprint density at radius 3 is 2.95 bits per heavy atom.